The molecule has 27 heavy (non-hydrogen) atoms. The molecule has 3 aromatic rings. The Morgan fingerprint density at radius 3 is 2.52 bits per heavy atom. The fraction of sp³-hybridized carbons (Fsp3) is 0.158. The highest BCUT2D eigenvalue weighted by atomic mass is 32.1. The van der Waals surface area contributed by atoms with Gasteiger partial charge in [0.15, 0.2) is 5.11 Å². The topological polar surface area (TPSA) is 54.3 Å². The zero-order chi connectivity index (χ0) is 19.4. The summed E-state index contributed by atoms with van der Waals surface area (Å²) in [7, 11) is 0. The first-order chi connectivity index (χ1) is 12.8. The van der Waals surface area contributed by atoms with Crippen LogP contribution in [0.2, 0.25) is 0 Å². The van der Waals surface area contributed by atoms with Crippen LogP contribution in [-0.2, 0) is 12.6 Å². The van der Waals surface area contributed by atoms with Gasteiger partial charge in [0.25, 0.3) is 0 Å². The molecular weight excluding hydrogens is 377 g/mol. The van der Waals surface area contributed by atoms with Crippen LogP contribution in [-0.4, -0.2) is 11.7 Å². The minimum Gasteiger partial charge on any atom is -0.423 e. The number of alkyl halides is 3. The lowest BCUT2D eigenvalue weighted by Gasteiger charge is -2.12. The molecule has 0 bridgehead atoms. The summed E-state index contributed by atoms with van der Waals surface area (Å²) in [6.07, 6.45) is -3.87. The van der Waals surface area contributed by atoms with Crippen LogP contribution in [0, 0.1) is 0 Å². The van der Waals surface area contributed by atoms with Crippen molar-refractivity contribution in [3.63, 3.8) is 0 Å². The van der Waals surface area contributed by atoms with Crippen molar-refractivity contribution >= 4 is 34.0 Å². The summed E-state index contributed by atoms with van der Waals surface area (Å²) < 4.78 is 44.1. The summed E-state index contributed by atoms with van der Waals surface area (Å²) in [6, 6.07) is 14.3. The van der Waals surface area contributed by atoms with E-state index < -0.39 is 17.4 Å². The number of benzene rings is 2. The molecule has 0 unspecified atom stereocenters. The molecule has 0 aliphatic heterocycles. The average Bonchev–Trinajstić information content (AvgIpc) is 2.61. The molecule has 0 aliphatic carbocycles. The molecule has 4 nitrogen and oxygen atoms in total. The molecule has 2 aromatic carbocycles. The molecule has 8 heteroatoms. The van der Waals surface area contributed by atoms with Crippen molar-refractivity contribution in [2.75, 3.05) is 11.9 Å². The SMILES string of the molecule is O=c1cc(C(F)(F)F)c2ccc(NC(=S)NCCc3ccccc3)cc2o1. The normalized spacial score (nSPS) is 11.4. The zero-order valence-electron chi connectivity index (χ0n) is 14.0. The van der Waals surface area contributed by atoms with E-state index in [0.29, 0.717) is 23.4 Å². The number of hydrogen-bond donors (Lipinski definition) is 2. The van der Waals surface area contributed by atoms with Gasteiger partial charge in [-0.2, -0.15) is 13.2 Å². The first-order valence-electron chi connectivity index (χ1n) is 8.07. The van der Waals surface area contributed by atoms with Gasteiger partial charge in [-0.15, -0.1) is 0 Å². The predicted molar refractivity (Wildman–Crippen MR) is 102 cm³/mol. The smallest absolute Gasteiger partial charge is 0.417 e. The second-order valence-corrected chi connectivity index (χ2v) is 6.21. The maximum Gasteiger partial charge on any atom is 0.417 e. The van der Waals surface area contributed by atoms with E-state index in [1.807, 2.05) is 30.3 Å². The summed E-state index contributed by atoms with van der Waals surface area (Å²) in [5.74, 6) is 0. The van der Waals surface area contributed by atoms with Gasteiger partial charge in [0.05, 0.1) is 5.56 Å². The van der Waals surface area contributed by atoms with Crippen molar-refractivity contribution in [3.05, 3.63) is 76.1 Å². The Bertz CT molecular complexity index is 1020. The van der Waals surface area contributed by atoms with Gasteiger partial charge >= 0.3 is 11.8 Å². The highest BCUT2D eigenvalue weighted by molar-refractivity contribution is 7.80. The van der Waals surface area contributed by atoms with Gasteiger partial charge in [-0.1, -0.05) is 30.3 Å². The van der Waals surface area contributed by atoms with Gasteiger partial charge in [0.1, 0.15) is 5.58 Å². The van der Waals surface area contributed by atoms with E-state index in [-0.39, 0.29) is 11.0 Å². The number of fused-ring (bicyclic) bond motifs is 1. The van der Waals surface area contributed by atoms with Crippen LogP contribution in [0.5, 0.6) is 0 Å². The number of anilines is 1. The van der Waals surface area contributed by atoms with E-state index in [0.717, 1.165) is 12.0 Å². The van der Waals surface area contributed by atoms with Crippen molar-refractivity contribution in [2.45, 2.75) is 12.6 Å². The Kier molecular flexibility index (Phi) is 5.46. The predicted octanol–water partition coefficient (Wildman–Crippen LogP) is 4.34. The number of hydrogen-bond acceptors (Lipinski definition) is 3. The fourth-order valence-corrected chi connectivity index (χ4v) is 2.84. The number of halogens is 3. The Morgan fingerprint density at radius 2 is 1.81 bits per heavy atom. The number of nitrogens with one attached hydrogen (secondary N) is 2. The largest absolute Gasteiger partial charge is 0.423 e. The third-order valence-corrected chi connectivity index (χ3v) is 4.10. The van der Waals surface area contributed by atoms with Crippen molar-refractivity contribution in [1.82, 2.24) is 5.32 Å². The number of thiocarbonyl (C=S) groups is 1. The molecule has 0 amide bonds. The van der Waals surface area contributed by atoms with Crippen molar-refractivity contribution in [1.29, 1.82) is 0 Å². The third kappa shape index (κ3) is 4.85. The molecule has 0 radical (unpaired) electrons. The molecule has 0 fully saturated rings. The van der Waals surface area contributed by atoms with Crippen LogP contribution in [0.25, 0.3) is 11.0 Å². The van der Waals surface area contributed by atoms with E-state index in [1.54, 1.807) is 0 Å². The van der Waals surface area contributed by atoms with Gasteiger partial charge < -0.3 is 15.1 Å². The molecule has 0 spiro atoms. The molecule has 0 saturated heterocycles. The van der Waals surface area contributed by atoms with Gasteiger partial charge in [-0.25, -0.2) is 4.79 Å². The standard InChI is InChI=1S/C19H15F3N2O2S/c20-19(21,22)15-11-17(25)26-16-10-13(6-7-14(15)16)24-18(27)23-9-8-12-4-2-1-3-5-12/h1-7,10-11H,8-9H2,(H2,23,24,27). The first-order valence-corrected chi connectivity index (χ1v) is 8.47. The second kappa shape index (κ2) is 7.79. The highest BCUT2D eigenvalue weighted by Crippen LogP contribution is 2.34. The van der Waals surface area contributed by atoms with E-state index in [4.69, 9.17) is 16.6 Å². The molecule has 0 saturated carbocycles. The molecule has 0 atom stereocenters. The molecule has 2 N–H and O–H groups in total. The van der Waals surface area contributed by atoms with Gasteiger partial charge in [-0.05, 0) is 36.3 Å². The van der Waals surface area contributed by atoms with Gasteiger partial charge in [0, 0.05) is 29.8 Å². The zero-order valence-corrected chi connectivity index (χ0v) is 14.8. The first kappa shape index (κ1) is 18.9. The lowest BCUT2D eigenvalue weighted by molar-refractivity contribution is -0.136. The maximum absolute atomic E-state index is 13.1. The van der Waals surface area contributed by atoms with E-state index >= 15 is 0 Å². The van der Waals surface area contributed by atoms with Crippen molar-refractivity contribution in [2.24, 2.45) is 0 Å². The third-order valence-electron chi connectivity index (χ3n) is 3.85. The maximum atomic E-state index is 13.1. The summed E-state index contributed by atoms with van der Waals surface area (Å²) in [5.41, 5.74) is -0.673. The number of rotatable bonds is 4. The van der Waals surface area contributed by atoms with Crippen molar-refractivity contribution < 1.29 is 17.6 Å². The summed E-state index contributed by atoms with van der Waals surface area (Å²) in [4.78, 5) is 11.4. The van der Waals surface area contributed by atoms with Crippen LogP contribution in [0.4, 0.5) is 18.9 Å². The summed E-state index contributed by atoms with van der Waals surface area (Å²) in [6.45, 7) is 0.594. The van der Waals surface area contributed by atoms with Crippen LogP contribution in [0.3, 0.4) is 0 Å². The summed E-state index contributed by atoms with van der Waals surface area (Å²) >= 11 is 5.19. The molecule has 1 aromatic heterocycles. The fourth-order valence-electron chi connectivity index (χ4n) is 2.62. The molecule has 140 valence electrons. The lowest BCUT2D eigenvalue weighted by Crippen LogP contribution is -2.30. The second-order valence-electron chi connectivity index (χ2n) is 5.80. The Balaban J connectivity index is 1.70. The monoisotopic (exact) mass is 392 g/mol. The van der Waals surface area contributed by atoms with Crippen LogP contribution in [0.1, 0.15) is 11.1 Å². The van der Waals surface area contributed by atoms with Crippen molar-refractivity contribution in [3.8, 4) is 0 Å². The van der Waals surface area contributed by atoms with Crippen LogP contribution < -0.4 is 16.3 Å². The minimum atomic E-state index is -4.64. The quantitative estimate of drug-likeness (QED) is 0.511. The lowest BCUT2D eigenvalue weighted by atomic mass is 10.1. The van der Waals surface area contributed by atoms with Crippen LogP contribution in [0.15, 0.2) is 63.8 Å². The average molecular weight is 392 g/mol. The molecule has 0 aliphatic rings. The minimum absolute atomic E-state index is 0.160. The Morgan fingerprint density at radius 1 is 1.07 bits per heavy atom. The molecule has 1 heterocycles. The van der Waals surface area contributed by atoms with E-state index in [1.165, 1.54) is 18.2 Å². The van der Waals surface area contributed by atoms with Gasteiger partial charge in [0.2, 0.25) is 0 Å². The molecular formula is C19H15F3N2O2S. The Hall–Kier alpha value is -2.87. The van der Waals surface area contributed by atoms with E-state index in [9.17, 15) is 18.0 Å². The highest BCUT2D eigenvalue weighted by Gasteiger charge is 2.33. The summed E-state index contributed by atoms with van der Waals surface area (Å²) in [5, 5.41) is 6.03. The Labute approximate surface area is 158 Å². The molecule has 3 rings (SSSR count). The van der Waals surface area contributed by atoms with E-state index in [2.05, 4.69) is 10.6 Å². The van der Waals surface area contributed by atoms with Crippen LogP contribution >= 0.6 is 12.2 Å². The van der Waals surface area contributed by atoms with Gasteiger partial charge in [-0.3, -0.25) is 0 Å².